The predicted molar refractivity (Wildman–Crippen MR) is 66.8 cm³/mol. The molecule has 3 heteroatoms. The lowest BCUT2D eigenvalue weighted by atomic mass is 9.77. The van der Waals surface area contributed by atoms with Gasteiger partial charge in [0.15, 0.2) is 0 Å². The summed E-state index contributed by atoms with van der Waals surface area (Å²) in [7, 11) is 0. The first-order valence-electron chi connectivity index (χ1n) is 6.19. The van der Waals surface area contributed by atoms with Gasteiger partial charge in [-0.1, -0.05) is 24.3 Å². The van der Waals surface area contributed by atoms with Crippen LogP contribution in [0.4, 0.5) is 0 Å². The Morgan fingerprint density at radius 2 is 2.29 bits per heavy atom. The summed E-state index contributed by atoms with van der Waals surface area (Å²) >= 11 is 0. The molecule has 0 spiro atoms. The first kappa shape index (κ1) is 12.1. The van der Waals surface area contributed by atoms with Gasteiger partial charge in [0, 0.05) is 18.9 Å². The fraction of sp³-hybridized carbons (Fsp3) is 0.500. The van der Waals surface area contributed by atoms with Crippen molar-refractivity contribution in [2.75, 3.05) is 6.54 Å². The smallest absolute Gasteiger partial charge is 0.220 e. The van der Waals surface area contributed by atoms with Gasteiger partial charge in [0.05, 0.1) is 6.10 Å². The topological polar surface area (TPSA) is 49.3 Å². The highest BCUT2D eigenvalue weighted by Gasteiger charge is 2.25. The van der Waals surface area contributed by atoms with Crippen LogP contribution in [0.5, 0.6) is 0 Å². The Morgan fingerprint density at radius 3 is 3.00 bits per heavy atom. The van der Waals surface area contributed by atoms with E-state index in [2.05, 4.69) is 23.5 Å². The quantitative estimate of drug-likeness (QED) is 0.811. The minimum absolute atomic E-state index is 0.0373. The molecule has 0 saturated heterocycles. The zero-order valence-electron chi connectivity index (χ0n) is 10.1. The lowest BCUT2D eigenvalue weighted by Crippen LogP contribution is -2.33. The normalized spacial score (nSPS) is 19.1. The third kappa shape index (κ3) is 3.07. The van der Waals surface area contributed by atoms with Crippen LogP contribution in [0.2, 0.25) is 0 Å². The molecule has 1 aromatic rings. The van der Waals surface area contributed by atoms with E-state index in [1.165, 1.54) is 11.1 Å². The second-order valence-electron chi connectivity index (χ2n) is 4.79. The van der Waals surface area contributed by atoms with E-state index in [0.717, 1.165) is 13.0 Å². The number of hydrogen-bond donors (Lipinski definition) is 2. The van der Waals surface area contributed by atoms with Crippen molar-refractivity contribution in [3.8, 4) is 0 Å². The molecule has 17 heavy (non-hydrogen) atoms. The lowest BCUT2D eigenvalue weighted by molar-refractivity contribution is -0.121. The first-order valence-corrected chi connectivity index (χ1v) is 6.19. The average Bonchev–Trinajstić information content (AvgIpc) is 2.27. The molecule has 0 aliphatic heterocycles. The predicted octanol–water partition coefficient (Wildman–Crippen LogP) is 1.60. The van der Waals surface area contributed by atoms with Crippen LogP contribution in [0.25, 0.3) is 0 Å². The Morgan fingerprint density at radius 1 is 1.53 bits per heavy atom. The number of carbonyl (C=O) groups excluding carboxylic acids is 1. The maximum absolute atomic E-state index is 11.5. The fourth-order valence-electron chi connectivity index (χ4n) is 2.21. The summed E-state index contributed by atoms with van der Waals surface area (Å²) < 4.78 is 0. The van der Waals surface area contributed by atoms with Gasteiger partial charge < -0.3 is 10.4 Å². The monoisotopic (exact) mass is 233 g/mol. The van der Waals surface area contributed by atoms with Crippen LogP contribution in [-0.4, -0.2) is 23.7 Å². The Kier molecular flexibility index (Phi) is 3.79. The second kappa shape index (κ2) is 5.32. The number of benzene rings is 1. The molecule has 0 fully saturated rings. The molecule has 0 radical (unpaired) electrons. The Hall–Kier alpha value is -1.35. The number of amides is 1. The molecular weight excluding hydrogens is 214 g/mol. The zero-order valence-corrected chi connectivity index (χ0v) is 10.1. The summed E-state index contributed by atoms with van der Waals surface area (Å²) in [5.74, 6) is 0.511. The molecule has 0 heterocycles. The van der Waals surface area contributed by atoms with E-state index in [9.17, 15) is 4.79 Å². The number of aliphatic hydroxyl groups is 1. The van der Waals surface area contributed by atoms with Crippen LogP contribution in [0.3, 0.4) is 0 Å². The molecule has 2 N–H and O–H groups in total. The van der Waals surface area contributed by atoms with Crippen LogP contribution in [0.15, 0.2) is 24.3 Å². The number of fused-ring (bicyclic) bond motifs is 1. The van der Waals surface area contributed by atoms with Gasteiger partial charge in [-0.3, -0.25) is 4.79 Å². The number of nitrogens with one attached hydrogen (secondary N) is 1. The summed E-state index contributed by atoms with van der Waals surface area (Å²) in [4.78, 5) is 11.5. The minimum Gasteiger partial charge on any atom is -0.393 e. The molecular formula is C14H19NO2. The summed E-state index contributed by atoms with van der Waals surface area (Å²) in [6.07, 6.45) is 1.61. The third-order valence-corrected chi connectivity index (χ3v) is 3.30. The molecule has 2 atom stereocenters. The SMILES string of the molecule is CC(O)CCC(=O)NCC1Cc2ccccc21. The molecule has 1 aromatic carbocycles. The largest absolute Gasteiger partial charge is 0.393 e. The molecule has 0 bridgehead atoms. The van der Waals surface area contributed by atoms with Gasteiger partial charge in [0.25, 0.3) is 0 Å². The maximum atomic E-state index is 11.5. The van der Waals surface area contributed by atoms with E-state index in [4.69, 9.17) is 5.11 Å². The number of hydrogen-bond acceptors (Lipinski definition) is 2. The van der Waals surface area contributed by atoms with Gasteiger partial charge in [-0.25, -0.2) is 0 Å². The minimum atomic E-state index is -0.398. The van der Waals surface area contributed by atoms with E-state index in [-0.39, 0.29) is 5.91 Å². The van der Waals surface area contributed by atoms with Gasteiger partial charge in [0.1, 0.15) is 0 Å². The van der Waals surface area contributed by atoms with Crippen molar-refractivity contribution in [3.63, 3.8) is 0 Å². The summed E-state index contributed by atoms with van der Waals surface area (Å²) in [5, 5.41) is 12.0. The highest BCUT2D eigenvalue weighted by atomic mass is 16.3. The molecule has 0 saturated carbocycles. The van der Waals surface area contributed by atoms with E-state index in [1.54, 1.807) is 6.92 Å². The van der Waals surface area contributed by atoms with Gasteiger partial charge in [-0.15, -0.1) is 0 Å². The molecule has 2 unspecified atom stereocenters. The molecule has 1 amide bonds. The number of carbonyl (C=O) groups is 1. The Labute approximate surface area is 102 Å². The van der Waals surface area contributed by atoms with Crippen LogP contribution in [0, 0.1) is 0 Å². The highest BCUT2D eigenvalue weighted by Crippen LogP contribution is 2.33. The molecule has 1 aliphatic carbocycles. The molecule has 3 nitrogen and oxygen atoms in total. The standard InChI is InChI=1S/C14H19NO2/c1-10(16)6-7-14(17)15-9-12-8-11-4-2-3-5-13(11)12/h2-5,10,12,16H,6-9H2,1H3,(H,15,17). The van der Waals surface area contributed by atoms with Crippen LogP contribution in [-0.2, 0) is 11.2 Å². The zero-order chi connectivity index (χ0) is 12.3. The third-order valence-electron chi connectivity index (χ3n) is 3.30. The first-order chi connectivity index (χ1) is 8.16. The van der Waals surface area contributed by atoms with Crippen LogP contribution in [0.1, 0.15) is 36.8 Å². The molecule has 2 rings (SSSR count). The maximum Gasteiger partial charge on any atom is 0.220 e. The van der Waals surface area contributed by atoms with Crippen LogP contribution >= 0.6 is 0 Å². The second-order valence-corrected chi connectivity index (χ2v) is 4.79. The molecule has 92 valence electrons. The highest BCUT2D eigenvalue weighted by molar-refractivity contribution is 5.76. The van der Waals surface area contributed by atoms with Crippen molar-refractivity contribution < 1.29 is 9.90 Å². The van der Waals surface area contributed by atoms with Gasteiger partial charge >= 0.3 is 0 Å². The van der Waals surface area contributed by atoms with Crippen molar-refractivity contribution in [2.45, 2.75) is 38.2 Å². The fourth-order valence-corrected chi connectivity index (χ4v) is 2.21. The van der Waals surface area contributed by atoms with Crippen molar-refractivity contribution in [2.24, 2.45) is 0 Å². The summed E-state index contributed by atoms with van der Waals surface area (Å²) in [5.41, 5.74) is 2.76. The van der Waals surface area contributed by atoms with E-state index in [1.807, 2.05) is 6.07 Å². The molecule has 0 aromatic heterocycles. The van der Waals surface area contributed by atoms with Gasteiger partial charge in [0.2, 0.25) is 5.91 Å². The van der Waals surface area contributed by atoms with Crippen LogP contribution < -0.4 is 5.32 Å². The number of aliphatic hydroxyl groups excluding tert-OH is 1. The van der Waals surface area contributed by atoms with E-state index < -0.39 is 6.10 Å². The van der Waals surface area contributed by atoms with Gasteiger partial charge in [-0.05, 0) is 30.9 Å². The summed E-state index contributed by atoms with van der Waals surface area (Å²) in [6, 6.07) is 8.36. The van der Waals surface area contributed by atoms with Crippen molar-refractivity contribution in [1.29, 1.82) is 0 Å². The summed E-state index contributed by atoms with van der Waals surface area (Å²) in [6.45, 7) is 2.42. The van der Waals surface area contributed by atoms with Crippen molar-refractivity contribution in [1.82, 2.24) is 5.32 Å². The van der Waals surface area contributed by atoms with Gasteiger partial charge in [-0.2, -0.15) is 0 Å². The Balaban J connectivity index is 1.72. The Bertz CT molecular complexity index is 401. The average molecular weight is 233 g/mol. The lowest BCUT2D eigenvalue weighted by Gasteiger charge is -2.30. The van der Waals surface area contributed by atoms with E-state index in [0.29, 0.717) is 18.8 Å². The molecule has 1 aliphatic rings. The van der Waals surface area contributed by atoms with Crippen molar-refractivity contribution in [3.05, 3.63) is 35.4 Å². The van der Waals surface area contributed by atoms with E-state index >= 15 is 0 Å². The van der Waals surface area contributed by atoms with Crippen molar-refractivity contribution >= 4 is 5.91 Å². The number of rotatable bonds is 5.